The Labute approximate surface area is 132 Å². The van der Waals surface area contributed by atoms with Gasteiger partial charge in [-0.1, -0.05) is 12.1 Å². The van der Waals surface area contributed by atoms with Gasteiger partial charge in [-0.25, -0.2) is 4.98 Å². The van der Waals surface area contributed by atoms with Gasteiger partial charge in [-0.3, -0.25) is 14.7 Å². The molecule has 0 amide bonds. The van der Waals surface area contributed by atoms with Crippen molar-refractivity contribution in [1.29, 1.82) is 0 Å². The maximum absolute atomic E-state index is 11.0. The predicted octanol–water partition coefficient (Wildman–Crippen LogP) is 2.97. The summed E-state index contributed by atoms with van der Waals surface area (Å²) in [5, 5.41) is 14.4. The summed E-state index contributed by atoms with van der Waals surface area (Å²) in [5.41, 5.74) is 5.32. The number of imidazole rings is 1. The monoisotopic (exact) mass is 308 g/mol. The van der Waals surface area contributed by atoms with Crippen molar-refractivity contribution in [3.05, 3.63) is 64.0 Å². The number of nitro benzene ring substituents is 1. The standard InChI is InChI=1S/C17H16N4O2/c1-11-7-12-5-6-16-17(15(12)9-18-11)19-10-20(16)13-3-2-4-14(8-13)21(22)23/h2-6,8,10-11,18H,7,9H2,1H3. The van der Waals surface area contributed by atoms with E-state index in [0.29, 0.717) is 6.04 Å². The van der Waals surface area contributed by atoms with Crippen LogP contribution >= 0.6 is 0 Å². The number of rotatable bonds is 2. The van der Waals surface area contributed by atoms with Crippen LogP contribution in [0.4, 0.5) is 5.69 Å². The zero-order chi connectivity index (χ0) is 16.0. The average Bonchev–Trinajstić information content (AvgIpc) is 2.99. The number of fused-ring (bicyclic) bond motifs is 3. The fourth-order valence-electron chi connectivity index (χ4n) is 3.21. The van der Waals surface area contributed by atoms with Gasteiger partial charge < -0.3 is 5.32 Å². The Morgan fingerprint density at radius 2 is 2.22 bits per heavy atom. The Balaban J connectivity index is 1.86. The summed E-state index contributed by atoms with van der Waals surface area (Å²) in [6.45, 7) is 2.98. The lowest BCUT2D eigenvalue weighted by Gasteiger charge is -2.23. The Morgan fingerprint density at radius 3 is 3.04 bits per heavy atom. The number of non-ortho nitro benzene ring substituents is 1. The molecule has 1 N–H and O–H groups in total. The molecule has 0 radical (unpaired) electrons. The molecule has 0 bridgehead atoms. The summed E-state index contributed by atoms with van der Waals surface area (Å²) in [7, 11) is 0. The van der Waals surface area contributed by atoms with E-state index >= 15 is 0 Å². The number of hydrogen-bond acceptors (Lipinski definition) is 4. The first kappa shape index (κ1) is 13.9. The molecule has 0 aliphatic carbocycles. The quantitative estimate of drug-likeness (QED) is 0.583. The molecule has 0 fully saturated rings. The first-order valence-electron chi connectivity index (χ1n) is 7.59. The maximum Gasteiger partial charge on any atom is 0.271 e. The molecule has 1 aromatic heterocycles. The van der Waals surface area contributed by atoms with Crippen LogP contribution in [-0.4, -0.2) is 20.5 Å². The molecule has 6 nitrogen and oxygen atoms in total. The molecule has 0 saturated carbocycles. The smallest absolute Gasteiger partial charge is 0.271 e. The van der Waals surface area contributed by atoms with Crippen LogP contribution in [-0.2, 0) is 13.0 Å². The zero-order valence-corrected chi connectivity index (χ0v) is 12.7. The summed E-state index contributed by atoms with van der Waals surface area (Å²) in [4.78, 5) is 15.2. The van der Waals surface area contributed by atoms with Crippen LogP contribution in [0.2, 0.25) is 0 Å². The van der Waals surface area contributed by atoms with Gasteiger partial charge in [0.1, 0.15) is 6.33 Å². The summed E-state index contributed by atoms with van der Waals surface area (Å²) < 4.78 is 1.90. The molecule has 3 aromatic rings. The molecule has 1 aliphatic rings. The van der Waals surface area contributed by atoms with Crippen molar-refractivity contribution >= 4 is 16.7 Å². The minimum absolute atomic E-state index is 0.0813. The van der Waals surface area contributed by atoms with Crippen LogP contribution in [0.15, 0.2) is 42.7 Å². The van der Waals surface area contributed by atoms with Crippen molar-refractivity contribution in [2.24, 2.45) is 0 Å². The first-order valence-corrected chi connectivity index (χ1v) is 7.59. The van der Waals surface area contributed by atoms with E-state index in [1.54, 1.807) is 18.5 Å². The van der Waals surface area contributed by atoms with E-state index in [2.05, 4.69) is 29.4 Å². The number of aromatic nitrogens is 2. The molecular weight excluding hydrogens is 292 g/mol. The number of hydrogen-bond donors (Lipinski definition) is 1. The Hall–Kier alpha value is -2.73. The third kappa shape index (κ3) is 2.27. The van der Waals surface area contributed by atoms with Crippen LogP contribution in [0, 0.1) is 10.1 Å². The lowest BCUT2D eigenvalue weighted by molar-refractivity contribution is -0.384. The van der Waals surface area contributed by atoms with E-state index < -0.39 is 0 Å². The molecule has 4 rings (SSSR count). The lowest BCUT2D eigenvalue weighted by Crippen LogP contribution is -2.32. The third-order valence-corrected chi connectivity index (χ3v) is 4.39. The van der Waals surface area contributed by atoms with Gasteiger partial charge in [0, 0.05) is 24.7 Å². The fraction of sp³-hybridized carbons (Fsp3) is 0.235. The lowest BCUT2D eigenvalue weighted by atomic mass is 9.95. The molecule has 116 valence electrons. The molecule has 2 heterocycles. The molecule has 1 aliphatic heterocycles. The van der Waals surface area contributed by atoms with Gasteiger partial charge in [0.2, 0.25) is 0 Å². The van der Waals surface area contributed by atoms with E-state index in [4.69, 9.17) is 0 Å². The van der Waals surface area contributed by atoms with Crippen molar-refractivity contribution < 1.29 is 4.92 Å². The van der Waals surface area contributed by atoms with Gasteiger partial charge in [-0.15, -0.1) is 0 Å². The van der Waals surface area contributed by atoms with Crippen LogP contribution in [0.25, 0.3) is 16.7 Å². The zero-order valence-electron chi connectivity index (χ0n) is 12.7. The van der Waals surface area contributed by atoms with E-state index in [1.165, 1.54) is 17.2 Å². The minimum Gasteiger partial charge on any atom is -0.310 e. The van der Waals surface area contributed by atoms with E-state index in [0.717, 1.165) is 29.7 Å². The summed E-state index contributed by atoms with van der Waals surface area (Å²) in [5.74, 6) is 0. The summed E-state index contributed by atoms with van der Waals surface area (Å²) in [6, 6.07) is 11.3. The SMILES string of the molecule is CC1Cc2ccc3c(ncn3-c3cccc([N+](=O)[O-])c3)c2CN1. The van der Waals surface area contributed by atoms with Gasteiger partial charge in [-0.2, -0.15) is 0 Å². The van der Waals surface area contributed by atoms with Gasteiger partial charge in [0.15, 0.2) is 0 Å². The number of nitrogens with zero attached hydrogens (tertiary/aromatic N) is 3. The normalized spacial score (nSPS) is 17.2. The van der Waals surface area contributed by atoms with Crippen molar-refractivity contribution in [3.63, 3.8) is 0 Å². The second-order valence-electron chi connectivity index (χ2n) is 5.95. The van der Waals surface area contributed by atoms with Gasteiger partial charge in [0.25, 0.3) is 5.69 Å². The summed E-state index contributed by atoms with van der Waals surface area (Å²) in [6.07, 6.45) is 2.73. The van der Waals surface area contributed by atoms with E-state index in [1.807, 2.05) is 10.6 Å². The third-order valence-electron chi connectivity index (χ3n) is 4.39. The highest BCUT2D eigenvalue weighted by Gasteiger charge is 2.19. The molecule has 1 atom stereocenters. The van der Waals surface area contributed by atoms with Gasteiger partial charge in [-0.05, 0) is 36.6 Å². The van der Waals surface area contributed by atoms with Crippen molar-refractivity contribution in [3.8, 4) is 5.69 Å². The minimum atomic E-state index is -0.379. The molecular formula is C17H16N4O2. The van der Waals surface area contributed by atoms with Crippen LogP contribution in [0.3, 0.4) is 0 Å². The van der Waals surface area contributed by atoms with Gasteiger partial charge in [0.05, 0.1) is 21.6 Å². The largest absolute Gasteiger partial charge is 0.310 e. The summed E-state index contributed by atoms with van der Waals surface area (Å²) >= 11 is 0. The van der Waals surface area contributed by atoms with Crippen LogP contribution in [0.5, 0.6) is 0 Å². The number of benzene rings is 2. The molecule has 0 saturated heterocycles. The van der Waals surface area contributed by atoms with Crippen molar-refractivity contribution in [1.82, 2.24) is 14.9 Å². The molecule has 2 aromatic carbocycles. The first-order chi connectivity index (χ1) is 11.1. The average molecular weight is 308 g/mol. The molecule has 6 heteroatoms. The number of nitrogens with one attached hydrogen (secondary N) is 1. The van der Waals surface area contributed by atoms with E-state index in [9.17, 15) is 10.1 Å². The highest BCUT2D eigenvalue weighted by Crippen LogP contribution is 2.28. The molecule has 1 unspecified atom stereocenters. The fourth-order valence-corrected chi connectivity index (χ4v) is 3.21. The predicted molar refractivity (Wildman–Crippen MR) is 87.7 cm³/mol. The molecule has 0 spiro atoms. The highest BCUT2D eigenvalue weighted by molar-refractivity contribution is 5.82. The van der Waals surface area contributed by atoms with Crippen molar-refractivity contribution in [2.45, 2.75) is 25.9 Å². The number of nitro groups is 1. The topological polar surface area (TPSA) is 73.0 Å². The molecule has 23 heavy (non-hydrogen) atoms. The van der Waals surface area contributed by atoms with Crippen LogP contribution in [0.1, 0.15) is 18.1 Å². The van der Waals surface area contributed by atoms with Crippen molar-refractivity contribution in [2.75, 3.05) is 0 Å². The Bertz CT molecular complexity index is 916. The maximum atomic E-state index is 11.0. The second kappa shape index (κ2) is 5.17. The van der Waals surface area contributed by atoms with Crippen LogP contribution < -0.4 is 5.32 Å². The Kier molecular flexibility index (Phi) is 3.12. The van der Waals surface area contributed by atoms with Gasteiger partial charge >= 0.3 is 0 Å². The second-order valence-corrected chi connectivity index (χ2v) is 5.95. The van der Waals surface area contributed by atoms with E-state index in [-0.39, 0.29) is 10.6 Å². The highest BCUT2D eigenvalue weighted by atomic mass is 16.6. The Morgan fingerprint density at radius 1 is 1.35 bits per heavy atom.